The van der Waals surface area contributed by atoms with Crippen LogP contribution in [0.4, 0.5) is 17.2 Å². The smallest absolute Gasteiger partial charge is 0.273 e. The molecule has 0 aliphatic carbocycles. The number of para-hydroxylation sites is 3. The number of carbonyl (C=O) groups excluding carboxylic acids is 3. The number of primary amides is 1. The number of nitrogens with two attached hydrogens (primary N) is 1. The topological polar surface area (TPSA) is 154 Å². The van der Waals surface area contributed by atoms with E-state index in [-0.39, 0.29) is 23.2 Å². The third-order valence-corrected chi connectivity index (χ3v) is 7.71. The Balaban J connectivity index is 1.18. The maximum absolute atomic E-state index is 13.6. The van der Waals surface area contributed by atoms with Crippen LogP contribution in [0.5, 0.6) is 11.5 Å². The van der Waals surface area contributed by atoms with Gasteiger partial charge in [0, 0.05) is 0 Å². The van der Waals surface area contributed by atoms with E-state index in [1.54, 1.807) is 53.4 Å². The number of nitrogens with zero attached hydrogens (tertiary/aromatic N) is 5. The molecule has 0 bridgehead atoms. The van der Waals surface area contributed by atoms with Gasteiger partial charge in [-0.15, -0.1) is 15.0 Å². The summed E-state index contributed by atoms with van der Waals surface area (Å²) in [6.07, 6.45) is 1.75. The normalized spacial score (nSPS) is 14.4. The van der Waals surface area contributed by atoms with Crippen LogP contribution in [0.2, 0.25) is 0 Å². The van der Waals surface area contributed by atoms with Crippen molar-refractivity contribution in [3.8, 4) is 17.2 Å². The molecule has 0 radical (unpaired) electrons. The average molecular weight is 646 g/mol. The quantitative estimate of drug-likeness (QED) is 0.197. The number of amides is 3. The van der Waals surface area contributed by atoms with Crippen LogP contribution in [0.25, 0.3) is 11.8 Å². The van der Waals surface area contributed by atoms with Gasteiger partial charge in [0.25, 0.3) is 17.7 Å². The summed E-state index contributed by atoms with van der Waals surface area (Å²) in [5.74, 6) is -1.13. The highest BCUT2D eigenvalue weighted by atomic mass is 32.2. The standard InChI is InChI=1S/C34H27N7O5S/c1-45-27-19-22(20-28-33(44)40(24-13-7-3-8-14-24)34(47-28)36-23-11-5-2-6-12-23)17-18-26(27)46-21-29(42)37-32-30(31(35)43)38-41(39-32)25-15-9-4-10-16-25/h2-20H,21H2,1H3,(H2,35,43)(H,37,39,42)/b28-20-,36-34?. The molecule has 1 saturated heterocycles. The van der Waals surface area contributed by atoms with Crippen molar-refractivity contribution in [2.45, 2.75) is 0 Å². The number of methoxy groups -OCH3 is 1. The van der Waals surface area contributed by atoms with Gasteiger partial charge in [-0.05, 0) is 71.9 Å². The van der Waals surface area contributed by atoms with Crippen LogP contribution in [0.1, 0.15) is 16.1 Å². The first-order chi connectivity index (χ1) is 22.9. The van der Waals surface area contributed by atoms with Gasteiger partial charge in [-0.25, -0.2) is 4.99 Å². The van der Waals surface area contributed by atoms with Gasteiger partial charge in [0.15, 0.2) is 34.8 Å². The molecule has 0 atom stereocenters. The SMILES string of the molecule is COc1cc(/C=C2\SC(=Nc3ccccc3)N(c3ccccc3)C2=O)ccc1OCC(=O)Nc1nn(-c2ccccc2)nc1C(N)=O. The molecule has 6 rings (SSSR count). The van der Waals surface area contributed by atoms with Crippen molar-refractivity contribution in [3.63, 3.8) is 0 Å². The Morgan fingerprint density at radius 3 is 2.21 bits per heavy atom. The molecule has 47 heavy (non-hydrogen) atoms. The van der Waals surface area contributed by atoms with Crippen molar-refractivity contribution in [1.29, 1.82) is 0 Å². The van der Waals surface area contributed by atoms with Gasteiger partial charge >= 0.3 is 0 Å². The lowest BCUT2D eigenvalue weighted by molar-refractivity contribution is -0.118. The molecule has 234 valence electrons. The van der Waals surface area contributed by atoms with E-state index in [4.69, 9.17) is 20.2 Å². The number of nitrogens with one attached hydrogen (secondary N) is 1. The van der Waals surface area contributed by atoms with Gasteiger partial charge in [0.1, 0.15) is 0 Å². The van der Waals surface area contributed by atoms with Crippen LogP contribution in [-0.2, 0) is 9.59 Å². The van der Waals surface area contributed by atoms with Crippen LogP contribution in [-0.4, -0.2) is 51.6 Å². The van der Waals surface area contributed by atoms with Crippen molar-refractivity contribution in [2.75, 3.05) is 23.9 Å². The van der Waals surface area contributed by atoms with E-state index >= 15 is 0 Å². The predicted octanol–water partition coefficient (Wildman–Crippen LogP) is 5.20. The molecule has 1 aliphatic heterocycles. The fraction of sp³-hybridized carbons (Fsp3) is 0.0588. The molecule has 1 aliphatic rings. The van der Waals surface area contributed by atoms with Gasteiger partial charge in [-0.3, -0.25) is 19.3 Å². The van der Waals surface area contributed by atoms with Crippen LogP contribution < -0.4 is 25.4 Å². The van der Waals surface area contributed by atoms with Crippen molar-refractivity contribution < 1.29 is 23.9 Å². The Morgan fingerprint density at radius 1 is 0.894 bits per heavy atom. The summed E-state index contributed by atoms with van der Waals surface area (Å²) < 4.78 is 11.3. The number of hydrogen-bond acceptors (Lipinski definition) is 9. The fourth-order valence-corrected chi connectivity index (χ4v) is 5.56. The largest absolute Gasteiger partial charge is 0.493 e. The Morgan fingerprint density at radius 2 is 1.55 bits per heavy atom. The van der Waals surface area contributed by atoms with Gasteiger partial charge < -0.3 is 20.5 Å². The number of aromatic nitrogens is 3. The maximum atomic E-state index is 13.6. The lowest BCUT2D eigenvalue weighted by Gasteiger charge is -2.15. The number of thioether (sulfide) groups is 1. The van der Waals surface area contributed by atoms with E-state index in [1.807, 2.05) is 66.7 Å². The second kappa shape index (κ2) is 13.8. The predicted molar refractivity (Wildman–Crippen MR) is 180 cm³/mol. The number of ether oxygens (including phenoxy) is 2. The summed E-state index contributed by atoms with van der Waals surface area (Å²) >= 11 is 1.26. The van der Waals surface area contributed by atoms with E-state index in [2.05, 4.69) is 15.5 Å². The van der Waals surface area contributed by atoms with E-state index < -0.39 is 18.4 Å². The lowest BCUT2D eigenvalue weighted by Crippen LogP contribution is -2.28. The first-order valence-corrected chi connectivity index (χ1v) is 15.1. The third-order valence-electron chi connectivity index (χ3n) is 6.74. The minimum absolute atomic E-state index is 0.0951. The summed E-state index contributed by atoms with van der Waals surface area (Å²) in [6.45, 7) is -0.424. The number of hydrogen-bond donors (Lipinski definition) is 2. The van der Waals surface area contributed by atoms with Crippen LogP contribution in [0.15, 0.2) is 119 Å². The average Bonchev–Trinajstić information content (AvgIpc) is 3.65. The van der Waals surface area contributed by atoms with Gasteiger partial charge in [-0.1, -0.05) is 60.7 Å². The van der Waals surface area contributed by atoms with E-state index in [1.165, 1.54) is 23.7 Å². The summed E-state index contributed by atoms with van der Waals surface area (Å²) in [5.41, 5.74) is 7.94. The van der Waals surface area contributed by atoms with Gasteiger partial charge in [-0.2, -0.15) is 0 Å². The summed E-state index contributed by atoms with van der Waals surface area (Å²) in [4.78, 5) is 46.3. The van der Waals surface area contributed by atoms with Crippen LogP contribution in [0, 0.1) is 0 Å². The van der Waals surface area contributed by atoms with Gasteiger partial charge in [0.2, 0.25) is 0 Å². The second-order valence-corrected chi connectivity index (χ2v) is 11.0. The molecule has 1 fully saturated rings. The number of benzene rings is 4. The molecule has 13 heteroatoms. The van der Waals surface area contributed by atoms with Crippen molar-refractivity contribution >= 4 is 57.9 Å². The van der Waals surface area contributed by atoms with Gasteiger partial charge in [0.05, 0.1) is 29.1 Å². The number of rotatable bonds is 10. The van der Waals surface area contributed by atoms with E-state index in [0.29, 0.717) is 32.8 Å². The summed E-state index contributed by atoms with van der Waals surface area (Å²) in [6, 6.07) is 32.7. The fourth-order valence-electron chi connectivity index (χ4n) is 4.56. The highest BCUT2D eigenvalue weighted by molar-refractivity contribution is 8.19. The monoisotopic (exact) mass is 645 g/mol. The lowest BCUT2D eigenvalue weighted by atomic mass is 10.2. The molecule has 3 amide bonds. The zero-order chi connectivity index (χ0) is 32.8. The Bertz CT molecular complexity index is 2000. The molecule has 4 aromatic carbocycles. The molecule has 3 N–H and O–H groups in total. The molecule has 12 nitrogen and oxygen atoms in total. The molecule has 5 aromatic rings. The molecule has 0 spiro atoms. The van der Waals surface area contributed by atoms with Crippen molar-refractivity contribution in [2.24, 2.45) is 10.7 Å². The molecular formula is C34H27N7O5S. The summed E-state index contributed by atoms with van der Waals surface area (Å²) in [7, 11) is 1.47. The molecule has 2 heterocycles. The minimum Gasteiger partial charge on any atom is -0.493 e. The zero-order valence-electron chi connectivity index (χ0n) is 24.9. The molecule has 0 saturated carbocycles. The summed E-state index contributed by atoms with van der Waals surface area (Å²) in [5, 5.41) is 11.3. The highest BCUT2D eigenvalue weighted by Crippen LogP contribution is 2.38. The Hall–Kier alpha value is -6.21. The number of carbonyl (C=O) groups is 3. The number of amidine groups is 1. The maximum Gasteiger partial charge on any atom is 0.273 e. The van der Waals surface area contributed by atoms with E-state index in [0.717, 1.165) is 5.69 Å². The second-order valence-electron chi connectivity index (χ2n) is 9.95. The molecule has 0 unspecified atom stereocenters. The number of aliphatic imine (C=N–C) groups is 1. The minimum atomic E-state index is -0.848. The first-order valence-electron chi connectivity index (χ1n) is 14.3. The van der Waals surface area contributed by atoms with Crippen molar-refractivity contribution in [1.82, 2.24) is 15.0 Å². The Labute approximate surface area is 273 Å². The van der Waals surface area contributed by atoms with E-state index in [9.17, 15) is 14.4 Å². The van der Waals surface area contributed by atoms with Crippen LogP contribution in [0.3, 0.4) is 0 Å². The molecule has 1 aromatic heterocycles. The third kappa shape index (κ3) is 7.05. The number of anilines is 2. The zero-order valence-corrected chi connectivity index (χ0v) is 25.8. The Kier molecular flexibility index (Phi) is 9.06. The first kappa shape index (κ1) is 30.8. The van der Waals surface area contributed by atoms with Crippen molar-refractivity contribution in [3.05, 3.63) is 125 Å². The highest BCUT2D eigenvalue weighted by Gasteiger charge is 2.34. The van der Waals surface area contributed by atoms with Crippen LogP contribution >= 0.6 is 11.8 Å². The molecular weight excluding hydrogens is 618 g/mol.